The maximum Gasteiger partial charge on any atom is 0.145 e. The summed E-state index contributed by atoms with van der Waals surface area (Å²) in [5.41, 5.74) is 7.53. The van der Waals surface area contributed by atoms with Crippen molar-refractivity contribution in [3.63, 3.8) is 0 Å². The summed E-state index contributed by atoms with van der Waals surface area (Å²) in [6, 6.07) is 7.43. The van der Waals surface area contributed by atoms with E-state index in [4.69, 9.17) is 10.5 Å². The summed E-state index contributed by atoms with van der Waals surface area (Å²) in [4.78, 5) is 8.38. The van der Waals surface area contributed by atoms with Gasteiger partial charge in [-0.3, -0.25) is 9.97 Å². The Kier molecular flexibility index (Phi) is 3.35. The molecular weight excluding hydrogens is 214 g/mol. The topological polar surface area (TPSA) is 61.0 Å². The minimum atomic E-state index is -0.0647. The molecule has 0 saturated carbocycles. The fraction of sp³-hybridized carbons (Fsp3) is 0.231. The molecule has 0 bridgehead atoms. The van der Waals surface area contributed by atoms with Crippen LogP contribution < -0.4 is 10.5 Å². The zero-order valence-electron chi connectivity index (χ0n) is 9.92. The average molecular weight is 229 g/mol. The first-order chi connectivity index (χ1) is 8.15. The van der Waals surface area contributed by atoms with Crippen LogP contribution in [0.1, 0.15) is 24.4 Å². The molecule has 0 fully saturated rings. The third-order valence-electron chi connectivity index (χ3n) is 2.35. The molecule has 2 N–H and O–H groups in total. The van der Waals surface area contributed by atoms with Gasteiger partial charge in [-0.1, -0.05) is 0 Å². The molecule has 0 aliphatic heterocycles. The van der Waals surface area contributed by atoms with Gasteiger partial charge in [0.1, 0.15) is 11.5 Å². The zero-order valence-corrected chi connectivity index (χ0v) is 9.92. The van der Waals surface area contributed by atoms with Crippen LogP contribution in [0.4, 0.5) is 0 Å². The number of aromatic nitrogens is 2. The van der Waals surface area contributed by atoms with Crippen molar-refractivity contribution in [3.8, 4) is 11.5 Å². The highest BCUT2D eigenvalue weighted by Gasteiger charge is 2.02. The SMILES string of the molecule is Cc1ccc(Oc2ccc([C@H](C)N)nc2)cn1. The molecule has 0 radical (unpaired) electrons. The summed E-state index contributed by atoms with van der Waals surface area (Å²) < 4.78 is 5.60. The molecule has 0 unspecified atom stereocenters. The Hall–Kier alpha value is -1.94. The number of pyridine rings is 2. The number of nitrogens with zero attached hydrogens (tertiary/aromatic N) is 2. The van der Waals surface area contributed by atoms with E-state index < -0.39 is 0 Å². The molecule has 0 amide bonds. The predicted octanol–water partition coefficient (Wildman–Crippen LogP) is 2.60. The quantitative estimate of drug-likeness (QED) is 0.878. The number of rotatable bonds is 3. The van der Waals surface area contributed by atoms with Crippen molar-refractivity contribution in [3.05, 3.63) is 48.0 Å². The molecule has 0 aliphatic rings. The van der Waals surface area contributed by atoms with Crippen molar-refractivity contribution >= 4 is 0 Å². The number of hydrogen-bond donors (Lipinski definition) is 1. The first kappa shape index (κ1) is 11.5. The van der Waals surface area contributed by atoms with Gasteiger partial charge in [-0.2, -0.15) is 0 Å². The minimum Gasteiger partial charge on any atom is -0.454 e. The predicted molar refractivity (Wildman–Crippen MR) is 65.9 cm³/mol. The lowest BCUT2D eigenvalue weighted by Gasteiger charge is -2.07. The van der Waals surface area contributed by atoms with Gasteiger partial charge in [-0.15, -0.1) is 0 Å². The summed E-state index contributed by atoms with van der Waals surface area (Å²) in [7, 11) is 0. The highest BCUT2D eigenvalue weighted by Crippen LogP contribution is 2.20. The molecule has 0 aliphatic carbocycles. The van der Waals surface area contributed by atoms with Crippen molar-refractivity contribution in [1.82, 2.24) is 9.97 Å². The number of ether oxygens (including phenoxy) is 1. The molecular formula is C13H15N3O. The third kappa shape index (κ3) is 3.01. The van der Waals surface area contributed by atoms with Crippen LogP contribution >= 0.6 is 0 Å². The lowest BCUT2D eigenvalue weighted by Crippen LogP contribution is -2.06. The van der Waals surface area contributed by atoms with Crippen LogP contribution in [-0.4, -0.2) is 9.97 Å². The molecule has 2 rings (SSSR count). The lowest BCUT2D eigenvalue weighted by molar-refractivity contribution is 0.476. The second-order valence-electron chi connectivity index (χ2n) is 3.94. The summed E-state index contributed by atoms with van der Waals surface area (Å²) in [5.74, 6) is 1.38. The molecule has 4 nitrogen and oxygen atoms in total. The molecule has 0 saturated heterocycles. The third-order valence-corrected chi connectivity index (χ3v) is 2.35. The van der Waals surface area contributed by atoms with E-state index in [0.717, 1.165) is 11.4 Å². The fourth-order valence-corrected chi connectivity index (χ4v) is 1.37. The van der Waals surface area contributed by atoms with Gasteiger partial charge in [0.05, 0.1) is 18.1 Å². The summed E-state index contributed by atoms with van der Waals surface area (Å²) in [5, 5.41) is 0. The monoisotopic (exact) mass is 229 g/mol. The van der Waals surface area contributed by atoms with Gasteiger partial charge in [0.15, 0.2) is 0 Å². The van der Waals surface area contributed by atoms with E-state index in [0.29, 0.717) is 11.5 Å². The fourth-order valence-electron chi connectivity index (χ4n) is 1.37. The van der Waals surface area contributed by atoms with Crippen LogP contribution in [0.15, 0.2) is 36.7 Å². The van der Waals surface area contributed by atoms with Crippen LogP contribution in [0.2, 0.25) is 0 Å². The van der Waals surface area contributed by atoms with E-state index in [1.54, 1.807) is 12.4 Å². The van der Waals surface area contributed by atoms with E-state index >= 15 is 0 Å². The van der Waals surface area contributed by atoms with E-state index in [1.165, 1.54) is 0 Å². The highest BCUT2D eigenvalue weighted by atomic mass is 16.5. The molecule has 88 valence electrons. The van der Waals surface area contributed by atoms with Crippen LogP contribution in [-0.2, 0) is 0 Å². The molecule has 2 heterocycles. The molecule has 2 aromatic rings. The van der Waals surface area contributed by atoms with Gasteiger partial charge in [-0.25, -0.2) is 0 Å². The van der Waals surface area contributed by atoms with Crippen LogP contribution in [0, 0.1) is 6.92 Å². The number of hydrogen-bond acceptors (Lipinski definition) is 4. The average Bonchev–Trinajstić information content (AvgIpc) is 2.33. The molecule has 17 heavy (non-hydrogen) atoms. The summed E-state index contributed by atoms with van der Waals surface area (Å²) in [6.07, 6.45) is 3.35. The van der Waals surface area contributed by atoms with Crippen molar-refractivity contribution in [2.24, 2.45) is 5.73 Å². The van der Waals surface area contributed by atoms with Crippen molar-refractivity contribution in [2.75, 3.05) is 0 Å². The Bertz CT molecular complexity index is 477. The Morgan fingerprint density at radius 2 is 1.71 bits per heavy atom. The first-order valence-electron chi connectivity index (χ1n) is 5.47. The number of nitrogens with two attached hydrogens (primary N) is 1. The lowest BCUT2D eigenvalue weighted by atomic mass is 10.2. The van der Waals surface area contributed by atoms with E-state index in [9.17, 15) is 0 Å². The Morgan fingerprint density at radius 1 is 1.06 bits per heavy atom. The van der Waals surface area contributed by atoms with Gasteiger partial charge in [0.2, 0.25) is 0 Å². The maximum atomic E-state index is 5.72. The summed E-state index contributed by atoms with van der Waals surface area (Å²) >= 11 is 0. The minimum absolute atomic E-state index is 0.0647. The van der Waals surface area contributed by atoms with Gasteiger partial charge in [0.25, 0.3) is 0 Å². The van der Waals surface area contributed by atoms with E-state index in [-0.39, 0.29) is 6.04 Å². The number of aryl methyl sites for hydroxylation is 1. The van der Waals surface area contributed by atoms with E-state index in [1.807, 2.05) is 38.1 Å². The second kappa shape index (κ2) is 4.93. The molecule has 4 heteroatoms. The Labute approximate surface area is 100 Å². The molecule has 0 aromatic carbocycles. The zero-order chi connectivity index (χ0) is 12.3. The largest absolute Gasteiger partial charge is 0.454 e. The van der Waals surface area contributed by atoms with Crippen molar-refractivity contribution in [1.29, 1.82) is 0 Å². The molecule has 0 spiro atoms. The molecule has 1 atom stereocenters. The summed E-state index contributed by atoms with van der Waals surface area (Å²) in [6.45, 7) is 3.83. The standard InChI is InChI=1S/C13H15N3O/c1-9-3-4-11(7-15-9)17-12-5-6-13(10(2)14)16-8-12/h3-8,10H,14H2,1-2H3/t10-/m0/s1. The van der Waals surface area contributed by atoms with Crippen LogP contribution in [0.3, 0.4) is 0 Å². The Morgan fingerprint density at radius 3 is 2.18 bits per heavy atom. The maximum absolute atomic E-state index is 5.72. The smallest absolute Gasteiger partial charge is 0.145 e. The van der Waals surface area contributed by atoms with Gasteiger partial charge < -0.3 is 10.5 Å². The van der Waals surface area contributed by atoms with Crippen LogP contribution in [0.25, 0.3) is 0 Å². The second-order valence-corrected chi connectivity index (χ2v) is 3.94. The normalized spacial score (nSPS) is 12.2. The highest BCUT2D eigenvalue weighted by molar-refractivity contribution is 5.28. The van der Waals surface area contributed by atoms with Crippen LogP contribution in [0.5, 0.6) is 11.5 Å². The molecule has 2 aromatic heterocycles. The van der Waals surface area contributed by atoms with Gasteiger partial charge >= 0.3 is 0 Å². The van der Waals surface area contributed by atoms with E-state index in [2.05, 4.69) is 9.97 Å². The van der Waals surface area contributed by atoms with Crippen molar-refractivity contribution in [2.45, 2.75) is 19.9 Å². The van der Waals surface area contributed by atoms with Gasteiger partial charge in [0, 0.05) is 11.7 Å². The van der Waals surface area contributed by atoms with Gasteiger partial charge in [-0.05, 0) is 38.1 Å². The van der Waals surface area contributed by atoms with Crippen molar-refractivity contribution < 1.29 is 4.74 Å². The Balaban J connectivity index is 2.11. The first-order valence-corrected chi connectivity index (χ1v) is 5.47.